The third-order valence-corrected chi connectivity index (χ3v) is 1.99. The van der Waals surface area contributed by atoms with Crippen LogP contribution in [0.2, 0.25) is 0 Å². The average molecular weight is 198 g/mol. The maximum atomic E-state index is 5.72. The van der Waals surface area contributed by atoms with Gasteiger partial charge in [0.05, 0.1) is 11.4 Å². The molecule has 3 N–H and O–H groups in total. The van der Waals surface area contributed by atoms with Gasteiger partial charge in [0.1, 0.15) is 0 Å². The van der Waals surface area contributed by atoms with Crippen LogP contribution in [0.4, 0.5) is 11.4 Å². The molecule has 0 heterocycles. The van der Waals surface area contributed by atoms with E-state index in [1.165, 1.54) is 0 Å². The van der Waals surface area contributed by atoms with Crippen LogP contribution in [0.25, 0.3) is 0 Å². The first-order valence-corrected chi connectivity index (χ1v) is 6.72. The van der Waals surface area contributed by atoms with Crippen molar-refractivity contribution < 1.29 is 0 Å². The van der Waals surface area contributed by atoms with Gasteiger partial charge in [0.25, 0.3) is 0 Å². The lowest BCUT2D eigenvalue weighted by Gasteiger charge is -2.11. The van der Waals surface area contributed by atoms with Crippen molar-refractivity contribution in [1.29, 1.82) is 0 Å². The lowest BCUT2D eigenvalue weighted by molar-refractivity contribution is 1.50. The summed E-state index contributed by atoms with van der Waals surface area (Å²) in [7, 11) is -0.123. The molecular weight excluding hydrogens is 179 g/mol. The summed E-state index contributed by atoms with van der Waals surface area (Å²) >= 11 is 0. The first-order chi connectivity index (χ1) is 6.20. The molecule has 0 aliphatic carbocycles. The van der Waals surface area contributed by atoms with Gasteiger partial charge < -0.3 is 10.8 Å². The van der Waals surface area contributed by atoms with Gasteiger partial charge in [0.15, 0.2) is 0 Å². The summed E-state index contributed by atoms with van der Waals surface area (Å²) in [6, 6.07) is 7.82. The fourth-order valence-electron chi connectivity index (χ4n) is 0.840. The van der Waals surface area contributed by atoms with Crippen molar-refractivity contribution >= 4 is 19.4 Å². The molecule has 0 bridgehead atoms. The predicted molar refractivity (Wildman–Crippen MR) is 64.6 cm³/mol. The molecule has 1 aromatic carbocycles. The summed E-state index contributed by atoms with van der Waals surface area (Å²) in [5, 5.41) is 3.31. The van der Waals surface area contributed by atoms with Crippen molar-refractivity contribution in [3.8, 4) is 0 Å². The largest absolute Gasteiger partial charge is 0.397 e. The molecule has 74 valence electrons. The molecule has 0 saturated carbocycles. The average Bonchev–Trinajstić information content (AvgIpc) is 2.12. The van der Waals surface area contributed by atoms with Crippen molar-refractivity contribution in [2.75, 3.05) is 24.2 Å². The van der Waals surface area contributed by atoms with Crippen LogP contribution in [0, 0.1) is 0 Å². The third-order valence-electron chi connectivity index (χ3n) is 1.30. The summed E-state index contributed by atoms with van der Waals surface area (Å²) in [6.07, 6.45) is 0. The number of hydrogen-bond donors (Lipinski definition) is 2. The van der Waals surface area contributed by atoms with Gasteiger partial charge >= 0.3 is 0 Å². The molecular formula is C10H19N2P. The normalized spacial score (nSPS) is 9.00. The number of nitrogens with two attached hydrogens (primary N) is 1. The fraction of sp³-hybridized carbons (Fsp3) is 0.400. The lowest BCUT2D eigenvalue weighted by Crippen LogP contribution is -1.94. The van der Waals surface area contributed by atoms with Gasteiger partial charge in [-0.3, -0.25) is 0 Å². The van der Waals surface area contributed by atoms with E-state index < -0.39 is 0 Å². The van der Waals surface area contributed by atoms with Gasteiger partial charge in [-0.05, 0) is 33.5 Å². The molecule has 0 radical (unpaired) electrons. The Labute approximate surface area is 82.3 Å². The van der Waals surface area contributed by atoms with Crippen LogP contribution in [0.3, 0.4) is 0 Å². The first kappa shape index (κ1) is 12.2. The van der Waals surface area contributed by atoms with Crippen molar-refractivity contribution in [3.05, 3.63) is 24.3 Å². The van der Waals surface area contributed by atoms with Crippen LogP contribution in [0.15, 0.2) is 24.3 Å². The zero-order chi connectivity index (χ0) is 10.3. The van der Waals surface area contributed by atoms with Gasteiger partial charge in [-0.25, -0.2) is 0 Å². The molecule has 0 aromatic heterocycles. The Hall–Kier alpha value is -0.750. The predicted octanol–water partition coefficient (Wildman–Crippen LogP) is 3.36. The van der Waals surface area contributed by atoms with E-state index in [0.717, 1.165) is 11.4 Å². The third kappa shape index (κ3) is 4.74. The molecule has 0 aliphatic rings. The number of hydrogen-bond acceptors (Lipinski definition) is 2. The van der Waals surface area contributed by atoms with E-state index in [2.05, 4.69) is 18.4 Å². The molecule has 1 aromatic rings. The van der Waals surface area contributed by atoms with E-state index in [1.54, 1.807) is 0 Å². The van der Waals surface area contributed by atoms with E-state index in [0.29, 0.717) is 0 Å². The van der Waals surface area contributed by atoms with Crippen LogP contribution in [0.1, 0.15) is 13.8 Å². The highest BCUT2D eigenvalue weighted by molar-refractivity contribution is 7.57. The van der Waals surface area contributed by atoms with Crippen molar-refractivity contribution in [2.24, 2.45) is 0 Å². The highest BCUT2D eigenvalue weighted by atomic mass is 31.1. The summed E-state index contributed by atoms with van der Waals surface area (Å²) < 4.78 is 0. The number of rotatable bonds is 2. The summed E-state index contributed by atoms with van der Waals surface area (Å²) in [5.74, 6) is 0. The number of anilines is 2. The van der Waals surface area contributed by atoms with E-state index >= 15 is 0 Å². The van der Waals surface area contributed by atoms with Crippen molar-refractivity contribution in [3.63, 3.8) is 0 Å². The van der Waals surface area contributed by atoms with Gasteiger partial charge in [-0.2, -0.15) is 0 Å². The van der Waals surface area contributed by atoms with Gasteiger partial charge in [-0.15, -0.1) is 0 Å². The second-order valence-electron chi connectivity index (χ2n) is 2.59. The van der Waals surface area contributed by atoms with Gasteiger partial charge in [-0.1, -0.05) is 26.0 Å². The SMILES string of the molecule is CC.CP(C)Nc1ccccc1N. The number of nitrogen functional groups attached to an aromatic ring is 1. The van der Waals surface area contributed by atoms with Crippen molar-refractivity contribution in [1.82, 2.24) is 0 Å². The van der Waals surface area contributed by atoms with Crippen molar-refractivity contribution in [2.45, 2.75) is 13.8 Å². The minimum absolute atomic E-state index is 0.123. The molecule has 1 rings (SSSR count). The molecule has 3 heteroatoms. The highest BCUT2D eigenvalue weighted by Gasteiger charge is 1.96. The molecule has 0 unspecified atom stereocenters. The Morgan fingerprint density at radius 1 is 1.15 bits per heavy atom. The molecule has 13 heavy (non-hydrogen) atoms. The molecule has 0 fully saturated rings. The molecule has 2 nitrogen and oxygen atoms in total. The molecule has 0 saturated heterocycles. The summed E-state index contributed by atoms with van der Waals surface area (Å²) in [4.78, 5) is 0. The fourth-order valence-corrected chi connectivity index (χ4v) is 1.53. The number of nitrogens with one attached hydrogen (secondary N) is 1. The van der Waals surface area contributed by atoms with E-state index in [-0.39, 0.29) is 8.07 Å². The van der Waals surface area contributed by atoms with Gasteiger partial charge in [0, 0.05) is 0 Å². The van der Waals surface area contributed by atoms with Crippen LogP contribution < -0.4 is 10.8 Å². The van der Waals surface area contributed by atoms with Crippen LogP contribution in [0.5, 0.6) is 0 Å². The van der Waals surface area contributed by atoms with E-state index in [4.69, 9.17) is 5.73 Å². The zero-order valence-electron chi connectivity index (χ0n) is 8.83. The maximum Gasteiger partial charge on any atom is 0.0606 e. The van der Waals surface area contributed by atoms with E-state index in [9.17, 15) is 0 Å². The Balaban J connectivity index is 0.000000671. The van der Waals surface area contributed by atoms with E-state index in [1.807, 2.05) is 38.1 Å². The second-order valence-corrected chi connectivity index (χ2v) is 4.61. The monoisotopic (exact) mass is 198 g/mol. The Morgan fingerprint density at radius 2 is 1.69 bits per heavy atom. The molecule has 0 amide bonds. The quantitative estimate of drug-likeness (QED) is 0.564. The maximum absolute atomic E-state index is 5.72. The van der Waals surface area contributed by atoms with Crippen LogP contribution in [-0.4, -0.2) is 13.3 Å². The molecule has 0 atom stereocenters. The smallest absolute Gasteiger partial charge is 0.0606 e. The summed E-state index contributed by atoms with van der Waals surface area (Å²) in [6.45, 7) is 8.31. The Morgan fingerprint density at radius 3 is 2.15 bits per heavy atom. The second kappa shape index (κ2) is 6.73. The zero-order valence-corrected chi connectivity index (χ0v) is 9.73. The van der Waals surface area contributed by atoms with Crippen LogP contribution >= 0.6 is 8.07 Å². The Bertz CT molecular complexity index is 236. The minimum Gasteiger partial charge on any atom is -0.397 e. The van der Waals surface area contributed by atoms with Gasteiger partial charge in [0.2, 0.25) is 0 Å². The Kier molecular flexibility index (Phi) is 6.34. The van der Waals surface area contributed by atoms with Crippen LogP contribution in [-0.2, 0) is 0 Å². The topological polar surface area (TPSA) is 38.0 Å². The number of benzene rings is 1. The summed E-state index contributed by atoms with van der Waals surface area (Å²) in [5.41, 5.74) is 7.58. The highest BCUT2D eigenvalue weighted by Crippen LogP contribution is 2.30. The minimum atomic E-state index is -0.123. The molecule has 0 aliphatic heterocycles. The lowest BCUT2D eigenvalue weighted by atomic mass is 10.3. The molecule has 0 spiro atoms. The first-order valence-electron chi connectivity index (χ1n) is 4.48. The standard InChI is InChI=1S/C8H13N2P.C2H6/c1-11(2)10-8-6-4-3-5-7(8)9;1-2/h3-6,10H,9H2,1-2H3;1-2H3. The number of para-hydroxylation sites is 2.